The van der Waals surface area contributed by atoms with Crippen LogP contribution >= 0.6 is 0 Å². The molecule has 31 heavy (non-hydrogen) atoms. The molecule has 3 aromatic carbocycles. The average Bonchev–Trinajstić information content (AvgIpc) is 2.69. The van der Waals surface area contributed by atoms with Crippen molar-refractivity contribution in [1.82, 2.24) is 0 Å². The molecule has 0 radical (unpaired) electrons. The molecule has 0 aliphatic carbocycles. The summed E-state index contributed by atoms with van der Waals surface area (Å²) >= 11 is 0. The van der Waals surface area contributed by atoms with Gasteiger partial charge in [0.25, 0.3) is 15.9 Å². The third kappa shape index (κ3) is 5.40. The zero-order valence-corrected chi connectivity index (χ0v) is 18.1. The molecule has 0 heterocycles. The molecule has 0 atom stereocenters. The van der Waals surface area contributed by atoms with Gasteiger partial charge in [-0.1, -0.05) is 26.8 Å². The number of nitrogens with one attached hydrogen (secondary N) is 2. The summed E-state index contributed by atoms with van der Waals surface area (Å²) in [6.45, 7) is 6.07. The number of sulfonamides is 1. The van der Waals surface area contributed by atoms with Crippen molar-refractivity contribution in [3.63, 3.8) is 0 Å². The van der Waals surface area contributed by atoms with E-state index in [9.17, 15) is 22.7 Å². The molecule has 0 fully saturated rings. The average molecular weight is 443 g/mol. The van der Waals surface area contributed by atoms with Crippen LogP contribution in [0.4, 0.5) is 15.8 Å². The Hall–Kier alpha value is -3.39. The van der Waals surface area contributed by atoms with E-state index in [1.165, 1.54) is 30.3 Å². The van der Waals surface area contributed by atoms with Gasteiger partial charge in [0.2, 0.25) is 0 Å². The number of carbonyl (C=O) groups excluding carboxylic acids is 1. The number of anilines is 2. The monoisotopic (exact) mass is 442 g/mol. The maximum atomic E-state index is 13.0. The van der Waals surface area contributed by atoms with Gasteiger partial charge in [-0.15, -0.1) is 0 Å². The van der Waals surface area contributed by atoms with Gasteiger partial charge in [0, 0.05) is 11.3 Å². The van der Waals surface area contributed by atoms with Crippen LogP contribution < -0.4 is 10.0 Å². The van der Waals surface area contributed by atoms with Crippen molar-refractivity contribution in [3.8, 4) is 5.75 Å². The van der Waals surface area contributed by atoms with Crippen molar-refractivity contribution in [2.45, 2.75) is 31.1 Å². The molecule has 0 unspecified atom stereocenters. The van der Waals surface area contributed by atoms with Crippen LogP contribution in [0.5, 0.6) is 5.75 Å². The molecule has 0 aromatic heterocycles. The first kappa shape index (κ1) is 22.3. The third-order valence-electron chi connectivity index (χ3n) is 4.63. The number of halogens is 1. The second-order valence-electron chi connectivity index (χ2n) is 8.07. The lowest BCUT2D eigenvalue weighted by Gasteiger charge is -2.20. The highest BCUT2D eigenvalue weighted by atomic mass is 32.2. The number of hydrogen-bond donors (Lipinski definition) is 3. The van der Waals surface area contributed by atoms with Crippen LogP contribution in [0, 0.1) is 5.82 Å². The lowest BCUT2D eigenvalue weighted by atomic mass is 9.87. The Morgan fingerprint density at radius 1 is 0.935 bits per heavy atom. The first-order chi connectivity index (χ1) is 14.5. The lowest BCUT2D eigenvalue weighted by Crippen LogP contribution is -2.15. The van der Waals surface area contributed by atoms with Crippen molar-refractivity contribution < 1.29 is 22.7 Å². The fraction of sp³-hybridized carbons (Fsp3) is 0.174. The maximum Gasteiger partial charge on any atom is 0.261 e. The van der Waals surface area contributed by atoms with Crippen LogP contribution in [0.3, 0.4) is 0 Å². The molecule has 0 saturated heterocycles. The highest BCUT2D eigenvalue weighted by molar-refractivity contribution is 7.92. The van der Waals surface area contributed by atoms with E-state index in [-0.39, 0.29) is 27.3 Å². The normalized spacial score (nSPS) is 11.7. The van der Waals surface area contributed by atoms with Crippen LogP contribution in [-0.2, 0) is 15.4 Å². The van der Waals surface area contributed by atoms with Gasteiger partial charge in [0.15, 0.2) is 0 Å². The predicted molar refractivity (Wildman–Crippen MR) is 118 cm³/mol. The molecule has 3 rings (SSSR count). The van der Waals surface area contributed by atoms with E-state index in [0.717, 1.165) is 29.8 Å². The Kier molecular flexibility index (Phi) is 6.03. The topological polar surface area (TPSA) is 95.5 Å². The molecule has 8 heteroatoms. The lowest BCUT2D eigenvalue weighted by molar-refractivity contribution is 0.102. The summed E-state index contributed by atoms with van der Waals surface area (Å²) in [7, 11) is -3.89. The van der Waals surface area contributed by atoms with E-state index >= 15 is 0 Å². The summed E-state index contributed by atoms with van der Waals surface area (Å²) in [6, 6.07) is 15.3. The number of aromatic hydroxyl groups is 1. The van der Waals surface area contributed by atoms with Crippen LogP contribution in [0.15, 0.2) is 71.6 Å². The molecule has 3 N–H and O–H groups in total. The Balaban J connectivity index is 1.74. The van der Waals surface area contributed by atoms with Crippen molar-refractivity contribution >= 4 is 27.3 Å². The smallest absolute Gasteiger partial charge is 0.261 e. The zero-order chi connectivity index (χ0) is 22.8. The summed E-state index contributed by atoms with van der Waals surface area (Å²) in [6.07, 6.45) is 0. The van der Waals surface area contributed by atoms with E-state index in [0.29, 0.717) is 5.69 Å². The second-order valence-corrected chi connectivity index (χ2v) is 9.76. The number of phenolic OH excluding ortho intramolecular Hbond substituents is 1. The second kappa shape index (κ2) is 8.39. The van der Waals surface area contributed by atoms with Crippen LogP contribution in [0.25, 0.3) is 0 Å². The third-order valence-corrected chi connectivity index (χ3v) is 6.03. The fourth-order valence-electron chi connectivity index (χ4n) is 2.81. The van der Waals surface area contributed by atoms with Gasteiger partial charge in [0.05, 0.1) is 10.6 Å². The van der Waals surface area contributed by atoms with Gasteiger partial charge >= 0.3 is 0 Å². The minimum absolute atomic E-state index is 0.0509. The van der Waals surface area contributed by atoms with Crippen LogP contribution in [-0.4, -0.2) is 19.4 Å². The molecule has 3 aromatic rings. The molecule has 0 bridgehead atoms. The van der Waals surface area contributed by atoms with Crippen molar-refractivity contribution in [1.29, 1.82) is 0 Å². The van der Waals surface area contributed by atoms with Gasteiger partial charge in [-0.05, 0) is 71.6 Å². The SMILES string of the molecule is CC(C)(C)c1ccc(O)c(NC(=O)c2ccc(NS(=O)(=O)c3ccc(F)cc3)cc2)c1. The maximum absolute atomic E-state index is 13.0. The Labute approximate surface area is 180 Å². The number of hydrogen-bond acceptors (Lipinski definition) is 4. The highest BCUT2D eigenvalue weighted by Gasteiger charge is 2.18. The van der Waals surface area contributed by atoms with Gasteiger partial charge in [-0.2, -0.15) is 0 Å². The molecule has 0 aliphatic heterocycles. The largest absolute Gasteiger partial charge is 0.506 e. The Morgan fingerprint density at radius 3 is 2.13 bits per heavy atom. The molecule has 0 spiro atoms. The molecule has 1 amide bonds. The Bertz CT molecular complexity index is 1200. The van der Waals surface area contributed by atoms with Crippen LogP contribution in [0.2, 0.25) is 0 Å². The molecular weight excluding hydrogens is 419 g/mol. The summed E-state index contributed by atoms with van der Waals surface area (Å²) < 4.78 is 40.2. The van der Waals surface area contributed by atoms with E-state index < -0.39 is 21.7 Å². The van der Waals surface area contributed by atoms with E-state index in [1.807, 2.05) is 20.8 Å². The zero-order valence-electron chi connectivity index (χ0n) is 17.3. The number of phenols is 1. The van der Waals surface area contributed by atoms with E-state index in [2.05, 4.69) is 10.0 Å². The standard InChI is InChI=1S/C23H23FN2O4S/c1-23(2,3)16-6-13-21(27)20(14-16)25-22(28)15-4-9-18(10-5-15)26-31(29,30)19-11-7-17(24)8-12-19/h4-14,26-27H,1-3H3,(H,25,28). The van der Waals surface area contributed by atoms with Crippen molar-refractivity contribution in [3.05, 3.63) is 83.7 Å². The molecule has 0 saturated carbocycles. The first-order valence-corrected chi connectivity index (χ1v) is 11.0. The van der Waals surface area contributed by atoms with Gasteiger partial charge in [-0.3, -0.25) is 9.52 Å². The van der Waals surface area contributed by atoms with E-state index in [4.69, 9.17) is 0 Å². The number of rotatable bonds is 5. The summed E-state index contributed by atoms with van der Waals surface area (Å²) in [5.41, 5.74) is 1.62. The summed E-state index contributed by atoms with van der Waals surface area (Å²) in [5, 5.41) is 12.8. The fourth-order valence-corrected chi connectivity index (χ4v) is 3.87. The molecule has 0 aliphatic rings. The van der Waals surface area contributed by atoms with Crippen LogP contribution in [0.1, 0.15) is 36.7 Å². The number of amides is 1. The summed E-state index contributed by atoms with van der Waals surface area (Å²) in [5.74, 6) is -1.03. The Morgan fingerprint density at radius 2 is 1.55 bits per heavy atom. The quantitative estimate of drug-likeness (QED) is 0.491. The van der Waals surface area contributed by atoms with Crippen molar-refractivity contribution in [2.24, 2.45) is 0 Å². The van der Waals surface area contributed by atoms with Gasteiger partial charge < -0.3 is 10.4 Å². The number of carbonyl (C=O) groups is 1. The molecule has 6 nitrogen and oxygen atoms in total. The molecular formula is C23H23FN2O4S. The van der Waals surface area contributed by atoms with E-state index in [1.54, 1.807) is 12.1 Å². The predicted octanol–water partition coefficient (Wildman–Crippen LogP) is 4.88. The summed E-state index contributed by atoms with van der Waals surface area (Å²) in [4.78, 5) is 12.5. The minimum Gasteiger partial charge on any atom is -0.506 e. The van der Waals surface area contributed by atoms with Gasteiger partial charge in [0.1, 0.15) is 11.6 Å². The molecule has 162 valence electrons. The van der Waals surface area contributed by atoms with Gasteiger partial charge in [-0.25, -0.2) is 12.8 Å². The number of benzene rings is 3. The highest BCUT2D eigenvalue weighted by Crippen LogP contribution is 2.31. The van der Waals surface area contributed by atoms with Crippen molar-refractivity contribution in [2.75, 3.05) is 10.0 Å². The minimum atomic E-state index is -3.89. The first-order valence-electron chi connectivity index (χ1n) is 9.49.